The normalized spacial score (nSPS) is 9.95. The predicted octanol–water partition coefficient (Wildman–Crippen LogP) is 2.44. The summed E-state index contributed by atoms with van der Waals surface area (Å²) < 4.78 is 0. The van der Waals surface area contributed by atoms with Gasteiger partial charge >= 0.3 is 0 Å². The Kier molecular flexibility index (Phi) is 4.50. The molecule has 0 radical (unpaired) electrons. The van der Waals surface area contributed by atoms with Gasteiger partial charge in [-0.15, -0.1) is 0 Å². The molecule has 0 bridgehead atoms. The van der Waals surface area contributed by atoms with E-state index in [1.165, 1.54) is 0 Å². The number of carbonyl (C=O) groups is 1. The van der Waals surface area contributed by atoms with Crippen molar-refractivity contribution in [3.63, 3.8) is 0 Å². The average Bonchev–Trinajstić information content (AvgIpc) is 2.47. The summed E-state index contributed by atoms with van der Waals surface area (Å²) >= 11 is 0. The molecular formula is C15H17N3O. The number of aromatic nitrogens is 1. The lowest BCUT2D eigenvalue weighted by Crippen LogP contribution is -2.23. The van der Waals surface area contributed by atoms with Gasteiger partial charge in [-0.1, -0.05) is 30.3 Å². The maximum absolute atomic E-state index is 11.9. The summed E-state index contributed by atoms with van der Waals surface area (Å²) in [6.45, 7) is 3.36. The van der Waals surface area contributed by atoms with Gasteiger partial charge in [0.2, 0.25) is 0 Å². The lowest BCUT2D eigenvalue weighted by molar-refractivity contribution is 0.0946. The number of pyridine rings is 1. The molecule has 0 aliphatic rings. The fourth-order valence-electron chi connectivity index (χ4n) is 1.71. The average molecular weight is 255 g/mol. The van der Waals surface area contributed by atoms with E-state index in [1.807, 2.05) is 43.3 Å². The third kappa shape index (κ3) is 3.81. The SMILES string of the molecule is CCNc1ccc(C(=O)NCc2ccccc2)nc1. The molecule has 0 saturated heterocycles. The van der Waals surface area contributed by atoms with Crippen LogP contribution >= 0.6 is 0 Å². The number of nitrogens with one attached hydrogen (secondary N) is 2. The Hall–Kier alpha value is -2.36. The second kappa shape index (κ2) is 6.54. The molecule has 1 aromatic heterocycles. The highest BCUT2D eigenvalue weighted by Crippen LogP contribution is 2.06. The molecule has 0 fully saturated rings. The molecule has 1 aromatic carbocycles. The second-order valence-electron chi connectivity index (χ2n) is 4.13. The number of benzene rings is 1. The highest BCUT2D eigenvalue weighted by Gasteiger charge is 2.06. The minimum absolute atomic E-state index is 0.160. The largest absolute Gasteiger partial charge is 0.384 e. The Morgan fingerprint density at radius 2 is 1.95 bits per heavy atom. The summed E-state index contributed by atoms with van der Waals surface area (Å²) in [7, 11) is 0. The van der Waals surface area contributed by atoms with E-state index in [4.69, 9.17) is 0 Å². The molecule has 0 spiro atoms. The van der Waals surface area contributed by atoms with Crippen LogP contribution in [-0.4, -0.2) is 17.4 Å². The van der Waals surface area contributed by atoms with Gasteiger partial charge in [0.05, 0.1) is 11.9 Å². The molecule has 0 atom stereocenters. The number of anilines is 1. The van der Waals surface area contributed by atoms with E-state index in [0.717, 1.165) is 17.8 Å². The molecule has 1 amide bonds. The molecule has 4 nitrogen and oxygen atoms in total. The monoisotopic (exact) mass is 255 g/mol. The van der Waals surface area contributed by atoms with Gasteiger partial charge in [0, 0.05) is 13.1 Å². The van der Waals surface area contributed by atoms with E-state index in [1.54, 1.807) is 12.3 Å². The first kappa shape index (κ1) is 13.1. The molecule has 1 heterocycles. The minimum Gasteiger partial charge on any atom is -0.384 e. The van der Waals surface area contributed by atoms with Crippen LogP contribution in [0.3, 0.4) is 0 Å². The van der Waals surface area contributed by atoms with Crippen LogP contribution in [0.5, 0.6) is 0 Å². The zero-order valence-corrected chi connectivity index (χ0v) is 10.9. The molecule has 19 heavy (non-hydrogen) atoms. The number of hydrogen-bond donors (Lipinski definition) is 2. The van der Waals surface area contributed by atoms with E-state index in [-0.39, 0.29) is 5.91 Å². The Bertz CT molecular complexity index is 523. The molecular weight excluding hydrogens is 238 g/mol. The Morgan fingerprint density at radius 1 is 1.16 bits per heavy atom. The van der Waals surface area contributed by atoms with Gasteiger partial charge in [-0.05, 0) is 24.6 Å². The van der Waals surface area contributed by atoms with Crippen molar-refractivity contribution >= 4 is 11.6 Å². The number of carbonyl (C=O) groups excluding carboxylic acids is 1. The number of rotatable bonds is 5. The smallest absolute Gasteiger partial charge is 0.270 e. The van der Waals surface area contributed by atoms with Crippen LogP contribution in [0.2, 0.25) is 0 Å². The summed E-state index contributed by atoms with van der Waals surface area (Å²) in [6.07, 6.45) is 1.67. The Balaban J connectivity index is 1.92. The summed E-state index contributed by atoms with van der Waals surface area (Å²) in [5, 5.41) is 5.98. The molecule has 2 N–H and O–H groups in total. The maximum atomic E-state index is 11.9. The first-order valence-electron chi connectivity index (χ1n) is 6.31. The van der Waals surface area contributed by atoms with Crippen molar-refractivity contribution in [3.8, 4) is 0 Å². The highest BCUT2D eigenvalue weighted by atomic mass is 16.1. The lowest BCUT2D eigenvalue weighted by atomic mass is 10.2. The third-order valence-electron chi connectivity index (χ3n) is 2.67. The predicted molar refractivity (Wildman–Crippen MR) is 76.0 cm³/mol. The van der Waals surface area contributed by atoms with E-state index in [2.05, 4.69) is 15.6 Å². The van der Waals surface area contributed by atoms with Crippen LogP contribution in [0, 0.1) is 0 Å². The van der Waals surface area contributed by atoms with E-state index < -0.39 is 0 Å². The van der Waals surface area contributed by atoms with Gasteiger partial charge in [-0.2, -0.15) is 0 Å². The van der Waals surface area contributed by atoms with Crippen LogP contribution in [0.4, 0.5) is 5.69 Å². The zero-order valence-electron chi connectivity index (χ0n) is 10.9. The highest BCUT2D eigenvalue weighted by molar-refractivity contribution is 5.92. The van der Waals surface area contributed by atoms with Gasteiger partial charge in [-0.25, -0.2) is 4.98 Å². The van der Waals surface area contributed by atoms with Crippen LogP contribution < -0.4 is 10.6 Å². The van der Waals surface area contributed by atoms with Crippen LogP contribution in [0.1, 0.15) is 23.0 Å². The molecule has 0 aliphatic carbocycles. The number of nitrogens with zero attached hydrogens (tertiary/aromatic N) is 1. The molecule has 2 aromatic rings. The van der Waals surface area contributed by atoms with E-state index in [9.17, 15) is 4.79 Å². The molecule has 98 valence electrons. The van der Waals surface area contributed by atoms with Crippen molar-refractivity contribution in [2.24, 2.45) is 0 Å². The van der Waals surface area contributed by atoms with Gasteiger partial charge in [0.1, 0.15) is 5.69 Å². The van der Waals surface area contributed by atoms with Gasteiger partial charge in [0.25, 0.3) is 5.91 Å². The van der Waals surface area contributed by atoms with E-state index >= 15 is 0 Å². The minimum atomic E-state index is -0.160. The van der Waals surface area contributed by atoms with Crippen molar-refractivity contribution in [1.29, 1.82) is 0 Å². The number of amides is 1. The first-order valence-corrected chi connectivity index (χ1v) is 6.31. The maximum Gasteiger partial charge on any atom is 0.270 e. The summed E-state index contributed by atoms with van der Waals surface area (Å²) in [4.78, 5) is 16.0. The topological polar surface area (TPSA) is 54.0 Å². The van der Waals surface area contributed by atoms with Crippen molar-refractivity contribution in [1.82, 2.24) is 10.3 Å². The van der Waals surface area contributed by atoms with Crippen LogP contribution in [0.15, 0.2) is 48.7 Å². The second-order valence-corrected chi connectivity index (χ2v) is 4.13. The third-order valence-corrected chi connectivity index (χ3v) is 2.67. The standard InChI is InChI=1S/C15H17N3O/c1-2-16-13-8-9-14(17-11-13)15(19)18-10-12-6-4-3-5-7-12/h3-9,11,16H,2,10H2,1H3,(H,18,19). The zero-order chi connectivity index (χ0) is 13.5. The molecule has 0 saturated carbocycles. The fourth-order valence-corrected chi connectivity index (χ4v) is 1.71. The van der Waals surface area contributed by atoms with Gasteiger partial charge in [-0.3, -0.25) is 4.79 Å². The Labute approximate surface area is 112 Å². The van der Waals surface area contributed by atoms with Crippen molar-refractivity contribution in [3.05, 3.63) is 59.9 Å². The Morgan fingerprint density at radius 3 is 2.58 bits per heavy atom. The lowest BCUT2D eigenvalue weighted by Gasteiger charge is -2.06. The summed E-state index contributed by atoms with van der Waals surface area (Å²) in [5.41, 5.74) is 2.42. The molecule has 4 heteroatoms. The van der Waals surface area contributed by atoms with E-state index in [0.29, 0.717) is 12.2 Å². The van der Waals surface area contributed by atoms with Crippen molar-refractivity contribution in [2.45, 2.75) is 13.5 Å². The fraction of sp³-hybridized carbons (Fsp3) is 0.200. The van der Waals surface area contributed by atoms with Crippen molar-refractivity contribution < 1.29 is 4.79 Å². The molecule has 0 aliphatic heterocycles. The van der Waals surface area contributed by atoms with Crippen LogP contribution in [0.25, 0.3) is 0 Å². The quantitative estimate of drug-likeness (QED) is 0.862. The van der Waals surface area contributed by atoms with Crippen molar-refractivity contribution in [2.75, 3.05) is 11.9 Å². The van der Waals surface area contributed by atoms with Gasteiger partial charge in [0.15, 0.2) is 0 Å². The summed E-state index contributed by atoms with van der Waals surface area (Å²) in [6, 6.07) is 13.4. The molecule has 0 unspecified atom stereocenters. The first-order chi connectivity index (χ1) is 9.29. The van der Waals surface area contributed by atoms with Gasteiger partial charge < -0.3 is 10.6 Å². The summed E-state index contributed by atoms with van der Waals surface area (Å²) in [5.74, 6) is -0.160. The van der Waals surface area contributed by atoms with Crippen LogP contribution in [-0.2, 0) is 6.54 Å². The number of hydrogen-bond acceptors (Lipinski definition) is 3. The molecule has 2 rings (SSSR count).